The summed E-state index contributed by atoms with van der Waals surface area (Å²) < 4.78 is 16.5. The van der Waals surface area contributed by atoms with Gasteiger partial charge < -0.3 is 19.3 Å². The van der Waals surface area contributed by atoms with Gasteiger partial charge in [0.25, 0.3) is 5.69 Å². The first kappa shape index (κ1) is 30.5. The van der Waals surface area contributed by atoms with Crippen molar-refractivity contribution in [3.8, 4) is 5.75 Å². The lowest BCUT2D eigenvalue weighted by molar-refractivity contribution is -0.384. The first-order chi connectivity index (χ1) is 19.3. The fraction of sp³-hybridized carbons (Fsp3) is 0.433. The third-order valence-electron chi connectivity index (χ3n) is 6.67. The molecule has 1 N–H and O–H groups in total. The highest BCUT2D eigenvalue weighted by Crippen LogP contribution is 2.42. The lowest BCUT2D eigenvalue weighted by atomic mass is 9.74. The van der Waals surface area contributed by atoms with Gasteiger partial charge in [-0.05, 0) is 42.5 Å². The molecule has 214 valence electrons. The van der Waals surface area contributed by atoms with Crippen LogP contribution in [0.5, 0.6) is 5.75 Å². The molecule has 40 heavy (non-hydrogen) atoms. The number of aliphatic hydroxyl groups excluding tert-OH is 1. The molecule has 0 amide bonds. The Balaban J connectivity index is 1.84. The van der Waals surface area contributed by atoms with Crippen LogP contribution in [0.3, 0.4) is 0 Å². The molecule has 1 heterocycles. The van der Waals surface area contributed by atoms with Crippen LogP contribution in [-0.2, 0) is 25.5 Å². The number of nitro benzene ring substituents is 1. The van der Waals surface area contributed by atoms with Crippen LogP contribution in [0.1, 0.15) is 56.6 Å². The lowest BCUT2D eigenvalue weighted by Crippen LogP contribution is -2.37. The van der Waals surface area contributed by atoms with Crippen LogP contribution in [0, 0.1) is 16.0 Å². The van der Waals surface area contributed by atoms with E-state index in [1.54, 1.807) is 6.07 Å². The van der Waals surface area contributed by atoms with E-state index in [1.165, 1.54) is 25.3 Å². The number of aliphatic imine (C=N–C) groups is 1. The number of rotatable bonds is 14. The number of aliphatic hydroxyl groups is 1. The molecule has 3 rings (SSSR count). The Kier molecular flexibility index (Phi) is 11.4. The summed E-state index contributed by atoms with van der Waals surface area (Å²) in [5, 5.41) is 20.6. The number of nitro groups is 1. The maximum Gasteiger partial charge on any atom is 0.336 e. The van der Waals surface area contributed by atoms with Crippen molar-refractivity contribution in [1.82, 2.24) is 0 Å². The molecule has 0 bridgehead atoms. The van der Waals surface area contributed by atoms with Crippen molar-refractivity contribution in [2.45, 2.75) is 51.9 Å². The molecule has 2 unspecified atom stereocenters. The van der Waals surface area contributed by atoms with E-state index in [-0.39, 0.29) is 24.5 Å². The van der Waals surface area contributed by atoms with Crippen LogP contribution >= 0.6 is 0 Å². The number of nitrogens with zero attached hydrogens (tertiary/aromatic N) is 2. The van der Waals surface area contributed by atoms with Crippen LogP contribution in [0.25, 0.3) is 0 Å². The van der Waals surface area contributed by atoms with Crippen molar-refractivity contribution in [3.63, 3.8) is 0 Å². The van der Waals surface area contributed by atoms with Crippen molar-refractivity contribution in [1.29, 1.82) is 0 Å². The first-order valence-electron chi connectivity index (χ1n) is 13.5. The molecule has 2 aromatic rings. The van der Waals surface area contributed by atoms with E-state index in [1.807, 2.05) is 38.1 Å². The molecule has 10 heteroatoms. The van der Waals surface area contributed by atoms with Gasteiger partial charge in [-0.15, -0.1) is 0 Å². The predicted molar refractivity (Wildman–Crippen MR) is 149 cm³/mol. The second-order valence-corrected chi connectivity index (χ2v) is 9.35. The van der Waals surface area contributed by atoms with Gasteiger partial charge in [0.2, 0.25) is 0 Å². The lowest BCUT2D eigenvalue weighted by Gasteiger charge is -2.32. The van der Waals surface area contributed by atoms with E-state index in [2.05, 4.69) is 0 Å². The van der Waals surface area contributed by atoms with E-state index in [0.29, 0.717) is 61.4 Å². The zero-order valence-corrected chi connectivity index (χ0v) is 23.1. The average molecular weight is 553 g/mol. The minimum atomic E-state index is -0.919. The SMILES string of the molecule is CCCC1=C(C(=O)OCCCOc2ccc(CCO)cc2)C(c2cccc([N+](=O)[O-])c2)C(C(=O)OC)C(CC)=N1. The van der Waals surface area contributed by atoms with Gasteiger partial charge in [-0.25, -0.2) is 4.79 Å². The summed E-state index contributed by atoms with van der Waals surface area (Å²) >= 11 is 0. The van der Waals surface area contributed by atoms with Gasteiger partial charge in [0, 0.05) is 36.8 Å². The molecule has 0 aromatic heterocycles. The van der Waals surface area contributed by atoms with E-state index in [4.69, 9.17) is 24.3 Å². The third kappa shape index (κ3) is 7.53. The van der Waals surface area contributed by atoms with Crippen LogP contribution in [0.4, 0.5) is 5.69 Å². The second-order valence-electron chi connectivity index (χ2n) is 9.35. The molecule has 2 atom stereocenters. The van der Waals surface area contributed by atoms with Crippen molar-refractivity contribution in [2.24, 2.45) is 10.9 Å². The fourth-order valence-electron chi connectivity index (χ4n) is 4.78. The topological polar surface area (TPSA) is 138 Å². The number of carbonyl (C=O) groups is 2. The van der Waals surface area contributed by atoms with Crippen molar-refractivity contribution in [3.05, 3.63) is 81.0 Å². The van der Waals surface area contributed by atoms with Gasteiger partial charge in [0.1, 0.15) is 11.7 Å². The van der Waals surface area contributed by atoms with E-state index < -0.39 is 28.7 Å². The highest BCUT2D eigenvalue weighted by atomic mass is 16.6. The summed E-state index contributed by atoms with van der Waals surface area (Å²) in [4.78, 5) is 42.3. The standard InChI is InChI=1S/C30H36N2O8/c1-4-8-25-28(30(35)40-18-7-17-39-23-13-11-20(12-14-23)15-16-33)26(21-9-6-10-22(19-21)32(36)37)27(29(34)38-3)24(5-2)31-25/h6,9-14,19,26-27,33H,4-5,7-8,15-18H2,1-3H3. The molecular weight excluding hydrogens is 516 g/mol. The summed E-state index contributed by atoms with van der Waals surface area (Å²) in [6, 6.07) is 13.4. The Morgan fingerprint density at radius 2 is 1.82 bits per heavy atom. The number of non-ortho nitro benzene ring substituents is 1. The number of methoxy groups -OCH3 is 1. The summed E-state index contributed by atoms with van der Waals surface area (Å²) in [5.41, 5.74) is 2.59. The molecule has 10 nitrogen and oxygen atoms in total. The van der Waals surface area contributed by atoms with Crippen LogP contribution in [0.15, 0.2) is 64.8 Å². The minimum Gasteiger partial charge on any atom is -0.493 e. The van der Waals surface area contributed by atoms with Gasteiger partial charge in [-0.2, -0.15) is 0 Å². The number of allylic oxidation sites excluding steroid dienone is 1. The fourth-order valence-corrected chi connectivity index (χ4v) is 4.78. The molecule has 0 aliphatic carbocycles. The highest BCUT2D eigenvalue weighted by Gasteiger charge is 2.44. The smallest absolute Gasteiger partial charge is 0.336 e. The zero-order valence-electron chi connectivity index (χ0n) is 23.1. The number of ether oxygens (including phenoxy) is 3. The zero-order chi connectivity index (χ0) is 29.1. The number of benzene rings is 2. The van der Waals surface area contributed by atoms with Gasteiger partial charge in [-0.3, -0.25) is 19.9 Å². The van der Waals surface area contributed by atoms with E-state index >= 15 is 0 Å². The third-order valence-corrected chi connectivity index (χ3v) is 6.67. The predicted octanol–water partition coefficient (Wildman–Crippen LogP) is 4.93. The van der Waals surface area contributed by atoms with Crippen LogP contribution < -0.4 is 4.74 Å². The molecule has 2 aromatic carbocycles. The molecule has 0 saturated carbocycles. The Bertz CT molecular complexity index is 1250. The molecule has 0 radical (unpaired) electrons. The number of esters is 2. The number of hydrogen-bond donors (Lipinski definition) is 1. The summed E-state index contributed by atoms with van der Waals surface area (Å²) in [6.07, 6.45) is 2.61. The second kappa shape index (κ2) is 14.9. The minimum absolute atomic E-state index is 0.0687. The van der Waals surface area contributed by atoms with Gasteiger partial charge in [-0.1, -0.05) is 44.5 Å². The first-order valence-corrected chi connectivity index (χ1v) is 13.5. The van der Waals surface area contributed by atoms with Crippen molar-refractivity contribution >= 4 is 23.3 Å². The van der Waals surface area contributed by atoms with E-state index in [9.17, 15) is 19.7 Å². The molecule has 1 aliphatic heterocycles. The van der Waals surface area contributed by atoms with E-state index in [0.717, 1.165) is 5.56 Å². The maximum atomic E-state index is 13.6. The summed E-state index contributed by atoms with van der Waals surface area (Å²) in [5.74, 6) is -2.29. The number of carbonyl (C=O) groups excluding carboxylic acids is 2. The monoisotopic (exact) mass is 552 g/mol. The molecule has 1 aliphatic rings. The van der Waals surface area contributed by atoms with Gasteiger partial charge >= 0.3 is 11.9 Å². The van der Waals surface area contributed by atoms with Gasteiger partial charge in [0.15, 0.2) is 0 Å². The molecule has 0 fully saturated rings. The van der Waals surface area contributed by atoms with Crippen molar-refractivity contribution < 1.29 is 33.8 Å². The van der Waals surface area contributed by atoms with Crippen LogP contribution in [-0.4, -0.2) is 54.6 Å². The number of hydrogen-bond acceptors (Lipinski definition) is 9. The average Bonchev–Trinajstić information content (AvgIpc) is 2.97. The highest BCUT2D eigenvalue weighted by molar-refractivity contribution is 6.07. The molecular formula is C30H36N2O8. The largest absolute Gasteiger partial charge is 0.493 e. The normalized spacial score (nSPS) is 16.8. The van der Waals surface area contributed by atoms with Crippen molar-refractivity contribution in [2.75, 3.05) is 26.9 Å². The van der Waals surface area contributed by atoms with Crippen LogP contribution in [0.2, 0.25) is 0 Å². The Labute approximate surface area is 233 Å². The Hall–Kier alpha value is -4.05. The quantitative estimate of drug-likeness (QED) is 0.151. The summed E-state index contributed by atoms with van der Waals surface area (Å²) in [6.45, 7) is 4.28. The Morgan fingerprint density at radius 3 is 2.45 bits per heavy atom. The Morgan fingerprint density at radius 1 is 1.07 bits per heavy atom. The maximum absolute atomic E-state index is 13.6. The van der Waals surface area contributed by atoms with Gasteiger partial charge in [0.05, 0.1) is 36.5 Å². The summed E-state index contributed by atoms with van der Waals surface area (Å²) in [7, 11) is 1.27. The molecule has 0 saturated heterocycles. The molecule has 0 spiro atoms.